The molecule has 35 heavy (non-hydrogen) atoms. The first kappa shape index (κ1) is 26.0. The molecule has 190 valence electrons. The van der Waals surface area contributed by atoms with Gasteiger partial charge >= 0.3 is 5.97 Å². The lowest BCUT2D eigenvalue weighted by atomic mass is 9.94. The second-order valence-corrected chi connectivity index (χ2v) is 11.3. The van der Waals surface area contributed by atoms with Crippen molar-refractivity contribution in [1.82, 2.24) is 5.48 Å². The van der Waals surface area contributed by atoms with Crippen LogP contribution in [0.1, 0.15) is 56.7 Å². The van der Waals surface area contributed by atoms with E-state index in [2.05, 4.69) is 17.6 Å². The van der Waals surface area contributed by atoms with E-state index in [-0.39, 0.29) is 29.5 Å². The molecule has 3 heterocycles. The van der Waals surface area contributed by atoms with Crippen molar-refractivity contribution in [3.05, 3.63) is 41.3 Å². The molecule has 0 bridgehead atoms. The number of carbonyl (C=O) groups is 2. The molecule has 0 saturated carbocycles. The molecule has 4 rings (SSSR count). The third-order valence-electron chi connectivity index (χ3n) is 6.10. The summed E-state index contributed by atoms with van der Waals surface area (Å²) in [7, 11) is 0. The lowest BCUT2D eigenvalue weighted by Gasteiger charge is -2.35. The van der Waals surface area contributed by atoms with Crippen LogP contribution in [-0.4, -0.2) is 43.7 Å². The lowest BCUT2D eigenvalue weighted by molar-refractivity contribution is -0.200. The van der Waals surface area contributed by atoms with Crippen LogP contribution in [0.25, 0.3) is 10.4 Å². The van der Waals surface area contributed by atoms with Crippen LogP contribution >= 0.6 is 23.1 Å². The highest BCUT2D eigenvalue weighted by molar-refractivity contribution is 8.00. The molecule has 7 nitrogen and oxygen atoms in total. The molecular formula is C26H33NO6S2. The van der Waals surface area contributed by atoms with Crippen molar-refractivity contribution in [3.8, 4) is 16.2 Å². The van der Waals surface area contributed by atoms with Crippen molar-refractivity contribution in [3.63, 3.8) is 0 Å². The number of hydroxylamine groups is 1. The zero-order chi connectivity index (χ0) is 24.5. The number of ether oxygens (including phenoxy) is 3. The van der Waals surface area contributed by atoms with E-state index in [1.54, 1.807) is 18.3 Å². The molecule has 1 amide bonds. The number of thiophene rings is 1. The van der Waals surface area contributed by atoms with Crippen LogP contribution in [0, 0.1) is 0 Å². The molecule has 0 aliphatic carbocycles. The minimum absolute atomic E-state index is 0.102. The maximum absolute atomic E-state index is 12.9. The quantitative estimate of drug-likeness (QED) is 0.331. The van der Waals surface area contributed by atoms with E-state index in [1.807, 2.05) is 36.0 Å². The smallest absolute Gasteiger partial charge is 0.344 e. The second-order valence-electron chi connectivity index (χ2n) is 8.70. The monoisotopic (exact) mass is 519 g/mol. The number of rotatable bonds is 10. The zero-order valence-electron chi connectivity index (χ0n) is 20.1. The Morgan fingerprint density at radius 1 is 1.11 bits per heavy atom. The summed E-state index contributed by atoms with van der Waals surface area (Å²) in [6.45, 7) is 2.68. The molecule has 2 aliphatic heterocycles. The van der Waals surface area contributed by atoms with Gasteiger partial charge in [0.2, 0.25) is 5.91 Å². The molecule has 1 aromatic heterocycles. The van der Waals surface area contributed by atoms with Crippen molar-refractivity contribution < 1.29 is 28.6 Å². The molecule has 0 radical (unpaired) electrons. The first-order chi connectivity index (χ1) is 17.1. The highest BCUT2D eigenvalue weighted by Crippen LogP contribution is 2.50. The summed E-state index contributed by atoms with van der Waals surface area (Å²) < 4.78 is 15.7. The van der Waals surface area contributed by atoms with E-state index in [9.17, 15) is 9.59 Å². The highest BCUT2D eigenvalue weighted by Gasteiger charge is 2.38. The third-order valence-corrected chi connectivity index (χ3v) is 9.18. The number of amides is 1. The predicted molar refractivity (Wildman–Crippen MR) is 137 cm³/mol. The van der Waals surface area contributed by atoms with Crippen LogP contribution in [0.3, 0.4) is 0 Å². The van der Waals surface area contributed by atoms with Crippen LogP contribution in [0.4, 0.5) is 0 Å². The molecule has 1 aromatic carbocycles. The minimum Gasteiger partial charge on any atom is -0.482 e. The van der Waals surface area contributed by atoms with Crippen LogP contribution < -0.4 is 10.2 Å². The molecule has 2 aromatic rings. The van der Waals surface area contributed by atoms with Gasteiger partial charge < -0.3 is 14.2 Å². The molecule has 2 atom stereocenters. The Morgan fingerprint density at radius 2 is 1.97 bits per heavy atom. The predicted octanol–water partition coefficient (Wildman–Crippen LogP) is 5.43. The van der Waals surface area contributed by atoms with E-state index >= 15 is 0 Å². The summed E-state index contributed by atoms with van der Waals surface area (Å²) >= 11 is 3.61. The van der Waals surface area contributed by atoms with Crippen LogP contribution in [0.5, 0.6) is 5.75 Å². The van der Waals surface area contributed by atoms with Gasteiger partial charge in [-0.3, -0.25) is 4.79 Å². The summed E-state index contributed by atoms with van der Waals surface area (Å²) in [6, 6.07) is 12.0. The fraction of sp³-hybridized carbons (Fsp3) is 0.538. The van der Waals surface area contributed by atoms with Gasteiger partial charge in [-0.25, -0.2) is 15.1 Å². The van der Waals surface area contributed by atoms with Gasteiger partial charge in [-0.1, -0.05) is 6.42 Å². The van der Waals surface area contributed by atoms with Gasteiger partial charge in [0.05, 0.1) is 11.4 Å². The van der Waals surface area contributed by atoms with Gasteiger partial charge in [0.25, 0.3) is 0 Å². The highest BCUT2D eigenvalue weighted by atomic mass is 32.2. The van der Waals surface area contributed by atoms with Gasteiger partial charge in [-0.15, -0.1) is 23.1 Å². The Bertz CT molecular complexity index is 964. The molecule has 1 N–H and O–H groups in total. The second kappa shape index (κ2) is 12.8. The Balaban J connectivity index is 1.40. The van der Waals surface area contributed by atoms with Crippen LogP contribution in [0.15, 0.2) is 36.4 Å². The maximum atomic E-state index is 12.9. The van der Waals surface area contributed by atoms with Crippen molar-refractivity contribution in [1.29, 1.82) is 0 Å². The number of hydrogen-bond acceptors (Lipinski definition) is 8. The zero-order valence-corrected chi connectivity index (χ0v) is 21.7. The lowest BCUT2D eigenvalue weighted by Crippen LogP contribution is -2.37. The summed E-state index contributed by atoms with van der Waals surface area (Å²) in [6.07, 6.45) is 6.17. The Morgan fingerprint density at radius 3 is 2.69 bits per heavy atom. The Labute approximate surface area is 214 Å². The average molecular weight is 520 g/mol. The summed E-state index contributed by atoms with van der Waals surface area (Å²) in [5.41, 5.74) is 3.72. The van der Waals surface area contributed by atoms with Gasteiger partial charge in [0, 0.05) is 29.2 Å². The Hall–Kier alpha value is -2.07. The third kappa shape index (κ3) is 7.22. The van der Waals surface area contributed by atoms with Crippen molar-refractivity contribution in [2.24, 2.45) is 0 Å². The number of thioether (sulfide) groups is 1. The largest absolute Gasteiger partial charge is 0.482 e. The molecule has 2 aliphatic rings. The number of esters is 1. The minimum atomic E-state index is -0.379. The summed E-state index contributed by atoms with van der Waals surface area (Å²) in [5, 5.41) is 0. The van der Waals surface area contributed by atoms with E-state index in [1.165, 1.54) is 11.3 Å². The maximum Gasteiger partial charge on any atom is 0.344 e. The van der Waals surface area contributed by atoms with Crippen LogP contribution in [0.2, 0.25) is 0 Å². The van der Waals surface area contributed by atoms with Gasteiger partial charge in [-0.05, 0) is 80.3 Å². The summed E-state index contributed by atoms with van der Waals surface area (Å²) in [4.78, 5) is 32.2. The molecule has 2 fully saturated rings. The first-order valence-corrected chi connectivity index (χ1v) is 14.1. The van der Waals surface area contributed by atoms with Gasteiger partial charge in [0.15, 0.2) is 12.9 Å². The van der Waals surface area contributed by atoms with Gasteiger partial charge in [0.1, 0.15) is 5.75 Å². The first-order valence-electron chi connectivity index (χ1n) is 12.3. The number of hydrogen-bond donors (Lipinski definition) is 1. The fourth-order valence-corrected chi connectivity index (χ4v) is 7.20. The Kier molecular flexibility index (Phi) is 9.48. The summed E-state index contributed by atoms with van der Waals surface area (Å²) in [5.74, 6) is 1.18. The van der Waals surface area contributed by atoms with Crippen molar-refractivity contribution in [2.45, 2.75) is 62.9 Å². The van der Waals surface area contributed by atoms with E-state index in [0.717, 1.165) is 48.3 Å². The molecule has 1 unspecified atom stereocenters. The molecule has 0 spiro atoms. The van der Waals surface area contributed by atoms with E-state index in [4.69, 9.17) is 19.0 Å². The topological polar surface area (TPSA) is 83.1 Å². The number of benzene rings is 1. The van der Waals surface area contributed by atoms with E-state index < -0.39 is 0 Å². The average Bonchev–Trinajstić information content (AvgIpc) is 3.39. The SMILES string of the molecule is CCOC(=O)COc1ccc(-c2ccc([C@@]3(CC(=O)NOC4CCCCO4)CCCCS3)s2)cc1. The van der Waals surface area contributed by atoms with E-state index in [0.29, 0.717) is 25.4 Å². The van der Waals surface area contributed by atoms with Crippen LogP contribution in [-0.2, 0) is 28.6 Å². The van der Waals surface area contributed by atoms with Gasteiger partial charge in [-0.2, -0.15) is 0 Å². The molecule has 2 saturated heterocycles. The van der Waals surface area contributed by atoms with Crippen molar-refractivity contribution >= 4 is 35.0 Å². The standard InChI is InChI=1S/C26H33NO6S2/c1-2-30-24(29)18-32-20-10-8-19(9-11-20)21-12-13-22(35-21)26(14-4-6-16-34-26)17-23(28)27-33-25-7-3-5-15-31-25/h8-13,25H,2-7,14-18H2,1H3,(H,27,28)/t25?,26-/m0/s1. The molecular weight excluding hydrogens is 486 g/mol. The number of nitrogens with one attached hydrogen (secondary N) is 1. The van der Waals surface area contributed by atoms with Crippen molar-refractivity contribution in [2.75, 3.05) is 25.6 Å². The normalized spacial score (nSPS) is 22.4. The fourth-order valence-electron chi connectivity index (χ4n) is 4.30. The molecule has 9 heteroatoms. The number of carbonyl (C=O) groups excluding carboxylic acids is 2.